The highest BCUT2D eigenvalue weighted by Crippen LogP contribution is 2.24. The van der Waals surface area contributed by atoms with Gasteiger partial charge in [0.15, 0.2) is 6.10 Å². The number of carbonyl (C=O) groups is 1. The highest BCUT2D eigenvalue weighted by molar-refractivity contribution is 5.81. The summed E-state index contributed by atoms with van der Waals surface area (Å²) in [6.07, 6.45) is 0.466. The fraction of sp³-hybridized carbons (Fsp3) is 0.417. The Morgan fingerprint density at radius 3 is 2.29 bits per heavy atom. The van der Waals surface area contributed by atoms with E-state index in [1.807, 2.05) is 54.6 Å². The van der Waals surface area contributed by atoms with Crippen LogP contribution in [0.4, 0.5) is 0 Å². The Balaban J connectivity index is 2.00. The van der Waals surface area contributed by atoms with E-state index in [0.717, 1.165) is 6.42 Å². The van der Waals surface area contributed by atoms with E-state index in [9.17, 15) is 4.79 Å². The SMILES string of the molecule is CC(Oc1ccc(C(C)(C)C)cc1)C(=O)N(CCC#N)CCc1ccccc1. The molecule has 0 aliphatic heterocycles. The molecule has 0 bridgehead atoms. The van der Waals surface area contributed by atoms with E-state index in [0.29, 0.717) is 25.3 Å². The molecule has 4 nitrogen and oxygen atoms in total. The maximum Gasteiger partial charge on any atom is 0.263 e. The standard InChI is InChI=1S/C24H30N2O2/c1-19(28-22-13-11-21(12-14-22)24(2,3)4)23(27)26(17-8-16-25)18-15-20-9-6-5-7-10-20/h5-7,9-14,19H,8,15,17-18H2,1-4H3. The summed E-state index contributed by atoms with van der Waals surface area (Å²) in [6.45, 7) is 9.24. The zero-order chi connectivity index (χ0) is 20.6. The normalized spacial score (nSPS) is 12.1. The van der Waals surface area contributed by atoms with Crippen molar-refractivity contribution >= 4 is 5.91 Å². The second-order valence-electron chi connectivity index (χ2n) is 8.00. The van der Waals surface area contributed by atoms with Gasteiger partial charge in [0, 0.05) is 13.1 Å². The maximum absolute atomic E-state index is 12.9. The molecular formula is C24H30N2O2. The first-order valence-corrected chi connectivity index (χ1v) is 9.78. The Hall–Kier alpha value is -2.80. The summed E-state index contributed by atoms with van der Waals surface area (Å²) in [5.74, 6) is 0.586. The van der Waals surface area contributed by atoms with Crippen LogP contribution in [0.25, 0.3) is 0 Å². The molecule has 1 unspecified atom stereocenters. The Kier molecular flexibility index (Phi) is 7.63. The molecule has 4 heteroatoms. The fourth-order valence-corrected chi connectivity index (χ4v) is 2.97. The number of hydrogen-bond donors (Lipinski definition) is 0. The summed E-state index contributed by atoms with van der Waals surface area (Å²) >= 11 is 0. The van der Waals surface area contributed by atoms with E-state index >= 15 is 0 Å². The van der Waals surface area contributed by atoms with Gasteiger partial charge in [-0.05, 0) is 42.0 Å². The number of benzene rings is 2. The number of nitriles is 1. The van der Waals surface area contributed by atoms with E-state index in [-0.39, 0.29) is 11.3 Å². The Morgan fingerprint density at radius 1 is 1.07 bits per heavy atom. The van der Waals surface area contributed by atoms with Crippen LogP contribution in [-0.4, -0.2) is 30.0 Å². The van der Waals surface area contributed by atoms with E-state index in [4.69, 9.17) is 10.00 Å². The van der Waals surface area contributed by atoms with Crippen molar-refractivity contribution in [2.75, 3.05) is 13.1 Å². The van der Waals surface area contributed by atoms with E-state index in [1.165, 1.54) is 11.1 Å². The summed E-state index contributed by atoms with van der Waals surface area (Å²) in [4.78, 5) is 14.6. The predicted octanol–water partition coefficient (Wildman–Crippen LogP) is 4.74. The molecule has 2 aromatic rings. The second-order valence-corrected chi connectivity index (χ2v) is 8.00. The molecule has 0 fully saturated rings. The molecule has 0 saturated carbocycles. The summed E-state index contributed by atoms with van der Waals surface area (Å²) < 4.78 is 5.88. The lowest BCUT2D eigenvalue weighted by molar-refractivity contribution is -0.137. The van der Waals surface area contributed by atoms with Crippen LogP contribution in [0.5, 0.6) is 5.75 Å². The lowest BCUT2D eigenvalue weighted by Gasteiger charge is -2.26. The summed E-state index contributed by atoms with van der Waals surface area (Å²) in [5, 5.41) is 8.93. The zero-order valence-electron chi connectivity index (χ0n) is 17.3. The van der Waals surface area contributed by atoms with Gasteiger partial charge in [-0.15, -0.1) is 0 Å². The molecule has 0 radical (unpaired) electrons. The molecule has 0 N–H and O–H groups in total. The van der Waals surface area contributed by atoms with Crippen LogP contribution in [0.15, 0.2) is 54.6 Å². The first-order valence-electron chi connectivity index (χ1n) is 9.78. The lowest BCUT2D eigenvalue weighted by atomic mass is 9.87. The van der Waals surface area contributed by atoms with Crippen LogP contribution in [0.2, 0.25) is 0 Å². The molecule has 28 heavy (non-hydrogen) atoms. The van der Waals surface area contributed by atoms with Crippen molar-refractivity contribution in [2.45, 2.75) is 52.1 Å². The van der Waals surface area contributed by atoms with Gasteiger partial charge >= 0.3 is 0 Å². The third-order valence-electron chi connectivity index (χ3n) is 4.70. The van der Waals surface area contributed by atoms with Gasteiger partial charge in [0.25, 0.3) is 5.91 Å². The number of rotatable bonds is 8. The van der Waals surface area contributed by atoms with Gasteiger partial charge in [-0.3, -0.25) is 4.79 Å². The predicted molar refractivity (Wildman–Crippen MR) is 112 cm³/mol. The Morgan fingerprint density at radius 2 is 1.71 bits per heavy atom. The van der Waals surface area contributed by atoms with Crippen LogP contribution >= 0.6 is 0 Å². The van der Waals surface area contributed by atoms with Crippen LogP contribution < -0.4 is 4.74 Å². The monoisotopic (exact) mass is 378 g/mol. The first-order chi connectivity index (χ1) is 13.3. The van der Waals surface area contributed by atoms with Gasteiger partial charge in [-0.25, -0.2) is 0 Å². The molecule has 0 aliphatic carbocycles. The van der Waals surface area contributed by atoms with Gasteiger partial charge in [-0.1, -0.05) is 63.2 Å². The van der Waals surface area contributed by atoms with Crippen molar-refractivity contribution in [1.82, 2.24) is 4.90 Å². The molecule has 0 aliphatic rings. The largest absolute Gasteiger partial charge is 0.481 e. The second kappa shape index (κ2) is 9.94. The zero-order valence-corrected chi connectivity index (χ0v) is 17.3. The highest BCUT2D eigenvalue weighted by atomic mass is 16.5. The van der Waals surface area contributed by atoms with Crippen molar-refractivity contribution in [3.05, 3.63) is 65.7 Å². The number of ether oxygens (including phenoxy) is 1. The van der Waals surface area contributed by atoms with Gasteiger partial charge in [0.2, 0.25) is 0 Å². The van der Waals surface area contributed by atoms with Gasteiger partial charge in [0.1, 0.15) is 5.75 Å². The minimum absolute atomic E-state index is 0.0749. The third kappa shape index (κ3) is 6.42. The fourth-order valence-electron chi connectivity index (χ4n) is 2.97. The van der Waals surface area contributed by atoms with Crippen LogP contribution in [0, 0.1) is 11.3 Å². The lowest BCUT2D eigenvalue weighted by Crippen LogP contribution is -2.42. The molecule has 0 spiro atoms. The van der Waals surface area contributed by atoms with Crippen molar-refractivity contribution < 1.29 is 9.53 Å². The minimum atomic E-state index is -0.602. The van der Waals surface area contributed by atoms with Crippen molar-refractivity contribution in [3.8, 4) is 11.8 Å². The van der Waals surface area contributed by atoms with Gasteiger partial charge in [0.05, 0.1) is 12.5 Å². The number of hydrogen-bond acceptors (Lipinski definition) is 3. The molecule has 1 atom stereocenters. The van der Waals surface area contributed by atoms with E-state index in [1.54, 1.807) is 11.8 Å². The maximum atomic E-state index is 12.9. The van der Waals surface area contributed by atoms with Crippen molar-refractivity contribution in [2.24, 2.45) is 0 Å². The van der Waals surface area contributed by atoms with Crippen LogP contribution in [0.1, 0.15) is 45.2 Å². The number of nitrogens with zero attached hydrogens (tertiary/aromatic N) is 2. The topological polar surface area (TPSA) is 53.3 Å². The van der Waals surface area contributed by atoms with Crippen molar-refractivity contribution in [1.29, 1.82) is 5.26 Å². The van der Waals surface area contributed by atoms with E-state index < -0.39 is 6.10 Å². The minimum Gasteiger partial charge on any atom is -0.481 e. The van der Waals surface area contributed by atoms with Crippen LogP contribution in [-0.2, 0) is 16.6 Å². The number of carbonyl (C=O) groups excluding carboxylic acids is 1. The average molecular weight is 379 g/mol. The molecule has 0 heterocycles. The molecule has 2 aromatic carbocycles. The summed E-state index contributed by atoms with van der Waals surface area (Å²) in [7, 11) is 0. The first kappa shape index (κ1) is 21.5. The number of amides is 1. The van der Waals surface area contributed by atoms with Gasteiger partial charge in [-0.2, -0.15) is 5.26 Å². The molecular weight excluding hydrogens is 348 g/mol. The highest BCUT2D eigenvalue weighted by Gasteiger charge is 2.22. The molecule has 0 aromatic heterocycles. The Labute approximate surface area is 168 Å². The van der Waals surface area contributed by atoms with Gasteiger partial charge < -0.3 is 9.64 Å². The van der Waals surface area contributed by atoms with Crippen molar-refractivity contribution in [3.63, 3.8) is 0 Å². The Bertz CT molecular complexity index is 786. The summed E-state index contributed by atoms with van der Waals surface area (Å²) in [5.41, 5.74) is 2.46. The quantitative estimate of drug-likeness (QED) is 0.667. The van der Waals surface area contributed by atoms with Crippen LogP contribution in [0.3, 0.4) is 0 Å². The average Bonchev–Trinajstić information content (AvgIpc) is 2.68. The molecule has 0 saturated heterocycles. The summed E-state index contributed by atoms with van der Waals surface area (Å²) in [6, 6.07) is 20.1. The molecule has 1 amide bonds. The smallest absolute Gasteiger partial charge is 0.263 e. The molecule has 2 rings (SSSR count). The third-order valence-corrected chi connectivity index (χ3v) is 4.70. The van der Waals surface area contributed by atoms with E-state index in [2.05, 4.69) is 26.8 Å². The molecule has 148 valence electrons.